The van der Waals surface area contributed by atoms with Crippen molar-refractivity contribution in [3.8, 4) is 16.9 Å². The first-order chi connectivity index (χ1) is 13.7. The van der Waals surface area contributed by atoms with E-state index in [1.807, 2.05) is 31.2 Å². The third-order valence-corrected chi connectivity index (χ3v) is 4.47. The van der Waals surface area contributed by atoms with Crippen LogP contribution in [0.15, 0.2) is 60.9 Å². The lowest BCUT2D eigenvalue weighted by Gasteiger charge is -2.21. The molecule has 0 N–H and O–H groups in total. The molecule has 29 heavy (non-hydrogen) atoms. The summed E-state index contributed by atoms with van der Waals surface area (Å²) in [6.45, 7) is 1.94. The number of hydrogen-bond acceptors (Lipinski definition) is 3. The Morgan fingerprint density at radius 1 is 1.10 bits per heavy atom. The van der Waals surface area contributed by atoms with Gasteiger partial charge in [-0.2, -0.15) is 0 Å². The summed E-state index contributed by atoms with van der Waals surface area (Å²) in [5.74, 6) is -1.12. The van der Waals surface area contributed by atoms with Crippen molar-refractivity contribution in [2.45, 2.75) is 13.3 Å². The average Bonchev–Trinajstić information content (AvgIpc) is 2.65. The quantitative estimate of drug-likeness (QED) is 0.529. The summed E-state index contributed by atoms with van der Waals surface area (Å²) in [6, 6.07) is 12.7. The van der Waals surface area contributed by atoms with E-state index in [0.717, 1.165) is 28.8 Å². The zero-order valence-corrected chi connectivity index (χ0v) is 16.3. The number of aryl methyl sites for hydroxylation is 1. The van der Waals surface area contributed by atoms with Gasteiger partial charge in [-0.15, -0.1) is 13.2 Å². The molecule has 0 aliphatic heterocycles. The fraction of sp³-hybridized carbons (Fsp3) is 0.143. The van der Waals surface area contributed by atoms with Crippen molar-refractivity contribution in [3.63, 3.8) is 0 Å². The van der Waals surface area contributed by atoms with E-state index in [2.05, 4.69) is 9.72 Å². The molecule has 4 nitrogen and oxygen atoms in total. The highest BCUT2D eigenvalue weighted by atomic mass is 35.5. The first-order valence-electron chi connectivity index (χ1n) is 8.50. The number of hydrogen-bond donors (Lipinski definition) is 0. The smallest absolute Gasteiger partial charge is 0.406 e. The van der Waals surface area contributed by atoms with Crippen LogP contribution in [0, 0.1) is 6.92 Å². The molecule has 0 unspecified atom stereocenters. The lowest BCUT2D eigenvalue weighted by Crippen LogP contribution is -2.27. The van der Waals surface area contributed by atoms with Gasteiger partial charge < -0.3 is 9.64 Å². The molecule has 0 spiro atoms. The molecule has 2 aromatic carbocycles. The number of ether oxygens (including phenoxy) is 1. The molecule has 3 aromatic rings. The largest absolute Gasteiger partial charge is 0.573 e. The Balaban J connectivity index is 1.99. The Morgan fingerprint density at radius 2 is 1.83 bits per heavy atom. The van der Waals surface area contributed by atoms with E-state index in [-0.39, 0.29) is 10.6 Å². The maximum atomic E-state index is 13.0. The molecule has 0 aliphatic rings. The molecule has 0 bridgehead atoms. The molecule has 150 valence electrons. The van der Waals surface area contributed by atoms with E-state index in [1.165, 1.54) is 24.2 Å². The Labute approximate surface area is 170 Å². The fourth-order valence-electron chi connectivity index (χ4n) is 2.94. The number of pyridine rings is 1. The monoisotopic (exact) mass is 420 g/mol. The standard InChI is InChI=1S/C21H16ClF3N2O2/c1-13-5-3-4-6-17(13)18-7-8-26-12-19(18)27(2)20(28)14-9-15(22)11-16(10-14)29-21(23,24)25/h3-12H,1-2H3. The van der Waals surface area contributed by atoms with Gasteiger partial charge in [0.05, 0.1) is 11.9 Å². The van der Waals surface area contributed by atoms with Gasteiger partial charge in [-0.3, -0.25) is 9.78 Å². The minimum Gasteiger partial charge on any atom is -0.406 e. The Hall–Kier alpha value is -3.06. The molecule has 1 amide bonds. The highest BCUT2D eigenvalue weighted by molar-refractivity contribution is 6.31. The third kappa shape index (κ3) is 4.86. The van der Waals surface area contributed by atoms with Crippen LogP contribution in [0.2, 0.25) is 5.02 Å². The first kappa shape index (κ1) is 20.7. The highest BCUT2D eigenvalue weighted by Crippen LogP contribution is 2.33. The highest BCUT2D eigenvalue weighted by Gasteiger charge is 2.31. The van der Waals surface area contributed by atoms with Crippen molar-refractivity contribution in [3.05, 3.63) is 77.1 Å². The van der Waals surface area contributed by atoms with Crippen LogP contribution < -0.4 is 9.64 Å². The second-order valence-electron chi connectivity index (χ2n) is 6.30. The van der Waals surface area contributed by atoms with Gasteiger partial charge in [0.15, 0.2) is 0 Å². The second-order valence-corrected chi connectivity index (χ2v) is 6.73. The van der Waals surface area contributed by atoms with E-state index in [0.29, 0.717) is 5.69 Å². The number of alkyl halides is 3. The molecule has 0 aliphatic carbocycles. The van der Waals surface area contributed by atoms with Gasteiger partial charge in [0, 0.05) is 29.4 Å². The molecule has 1 aromatic heterocycles. The van der Waals surface area contributed by atoms with Crippen LogP contribution in [-0.2, 0) is 0 Å². The van der Waals surface area contributed by atoms with Crippen LogP contribution in [-0.4, -0.2) is 24.3 Å². The zero-order valence-electron chi connectivity index (χ0n) is 15.5. The SMILES string of the molecule is Cc1ccccc1-c1ccncc1N(C)C(=O)c1cc(Cl)cc(OC(F)(F)F)c1. The van der Waals surface area contributed by atoms with E-state index < -0.39 is 18.0 Å². The molecular weight excluding hydrogens is 405 g/mol. The summed E-state index contributed by atoms with van der Waals surface area (Å²) >= 11 is 5.89. The van der Waals surface area contributed by atoms with E-state index in [4.69, 9.17) is 11.6 Å². The molecule has 0 radical (unpaired) electrons. The zero-order chi connectivity index (χ0) is 21.2. The van der Waals surface area contributed by atoms with Crippen LogP contribution in [0.3, 0.4) is 0 Å². The number of carbonyl (C=O) groups excluding carboxylic acids is 1. The molecule has 3 rings (SSSR count). The Morgan fingerprint density at radius 3 is 2.52 bits per heavy atom. The van der Waals surface area contributed by atoms with Gasteiger partial charge in [-0.1, -0.05) is 35.9 Å². The Kier molecular flexibility index (Phi) is 5.79. The van der Waals surface area contributed by atoms with Crippen LogP contribution in [0.25, 0.3) is 11.1 Å². The van der Waals surface area contributed by atoms with Crippen LogP contribution in [0.4, 0.5) is 18.9 Å². The van der Waals surface area contributed by atoms with Crippen molar-refractivity contribution in [1.29, 1.82) is 0 Å². The minimum absolute atomic E-state index is 0.0427. The van der Waals surface area contributed by atoms with E-state index in [1.54, 1.807) is 12.3 Å². The summed E-state index contributed by atoms with van der Waals surface area (Å²) in [5, 5.41) is -0.0474. The Bertz CT molecular complexity index is 1050. The normalized spacial score (nSPS) is 11.2. The number of halogens is 4. The van der Waals surface area contributed by atoms with Gasteiger partial charge in [0.25, 0.3) is 5.91 Å². The van der Waals surface area contributed by atoms with Gasteiger partial charge in [0.1, 0.15) is 5.75 Å². The van der Waals surface area contributed by atoms with Crippen molar-refractivity contribution in [2.75, 3.05) is 11.9 Å². The molecule has 8 heteroatoms. The average molecular weight is 421 g/mol. The summed E-state index contributed by atoms with van der Waals surface area (Å²) in [4.78, 5) is 18.4. The van der Waals surface area contributed by atoms with Gasteiger partial charge >= 0.3 is 6.36 Å². The summed E-state index contributed by atoms with van der Waals surface area (Å²) in [5.41, 5.74) is 3.15. The third-order valence-electron chi connectivity index (χ3n) is 4.25. The lowest BCUT2D eigenvalue weighted by molar-refractivity contribution is -0.274. The number of anilines is 1. The van der Waals surface area contributed by atoms with Crippen LogP contribution in [0.1, 0.15) is 15.9 Å². The summed E-state index contributed by atoms with van der Waals surface area (Å²) < 4.78 is 41.5. The van der Waals surface area contributed by atoms with Crippen molar-refractivity contribution in [1.82, 2.24) is 4.98 Å². The lowest BCUT2D eigenvalue weighted by atomic mass is 9.99. The predicted molar refractivity (Wildman–Crippen MR) is 105 cm³/mol. The molecule has 1 heterocycles. The van der Waals surface area contributed by atoms with Gasteiger partial charge in [0.2, 0.25) is 0 Å². The molecule has 0 fully saturated rings. The first-order valence-corrected chi connectivity index (χ1v) is 8.88. The van der Waals surface area contributed by atoms with Gasteiger partial charge in [-0.05, 0) is 42.3 Å². The van der Waals surface area contributed by atoms with Gasteiger partial charge in [-0.25, -0.2) is 0 Å². The molecule has 0 atom stereocenters. The number of amides is 1. The summed E-state index contributed by atoms with van der Waals surface area (Å²) in [6.07, 6.45) is -1.76. The second kappa shape index (κ2) is 8.13. The maximum absolute atomic E-state index is 13.0. The number of benzene rings is 2. The molecular formula is C21H16ClF3N2O2. The number of carbonyl (C=O) groups is 1. The minimum atomic E-state index is -4.89. The molecule has 0 saturated carbocycles. The number of rotatable bonds is 4. The van der Waals surface area contributed by atoms with E-state index in [9.17, 15) is 18.0 Å². The number of aromatic nitrogens is 1. The van der Waals surface area contributed by atoms with Crippen molar-refractivity contribution in [2.24, 2.45) is 0 Å². The van der Waals surface area contributed by atoms with Crippen molar-refractivity contribution >= 4 is 23.2 Å². The topological polar surface area (TPSA) is 42.4 Å². The molecule has 0 saturated heterocycles. The van der Waals surface area contributed by atoms with Crippen LogP contribution >= 0.6 is 11.6 Å². The predicted octanol–water partition coefficient (Wildman–Crippen LogP) is 5.89. The van der Waals surface area contributed by atoms with Crippen molar-refractivity contribution < 1.29 is 22.7 Å². The fourth-order valence-corrected chi connectivity index (χ4v) is 3.16. The summed E-state index contributed by atoms with van der Waals surface area (Å²) in [7, 11) is 1.52. The van der Waals surface area contributed by atoms with E-state index >= 15 is 0 Å². The van der Waals surface area contributed by atoms with Crippen LogP contribution in [0.5, 0.6) is 5.75 Å². The number of nitrogens with zero attached hydrogens (tertiary/aromatic N) is 2. The maximum Gasteiger partial charge on any atom is 0.573 e.